The number of carbonyl (C=O) groups is 1. The molecular formula is C18H35NO4. The van der Waals surface area contributed by atoms with E-state index in [1.54, 1.807) is 0 Å². The number of aliphatic hydroxyl groups is 2. The van der Waals surface area contributed by atoms with Crippen LogP contribution in [0.3, 0.4) is 0 Å². The van der Waals surface area contributed by atoms with Gasteiger partial charge < -0.3 is 20.3 Å². The number of rotatable bonds is 13. The average molecular weight is 329 g/mol. The van der Waals surface area contributed by atoms with Crippen LogP contribution >= 0.6 is 0 Å². The average Bonchev–Trinajstić information content (AvgIpc) is 3.29. The third kappa shape index (κ3) is 8.56. The van der Waals surface area contributed by atoms with Crippen LogP contribution < -0.4 is 5.32 Å². The molecule has 1 fully saturated rings. The van der Waals surface area contributed by atoms with Gasteiger partial charge in [0.05, 0.1) is 0 Å². The summed E-state index contributed by atoms with van der Waals surface area (Å²) in [5, 5.41) is 20.8. The Morgan fingerprint density at radius 2 is 1.91 bits per heavy atom. The zero-order valence-corrected chi connectivity index (χ0v) is 14.8. The number of aliphatic hydroxyl groups excluding tert-OH is 2. The molecule has 0 aliphatic heterocycles. The third-order valence-corrected chi connectivity index (χ3v) is 4.87. The number of nitrogens with one attached hydrogen (secondary N) is 1. The van der Waals surface area contributed by atoms with Crippen LogP contribution in [-0.4, -0.2) is 42.2 Å². The summed E-state index contributed by atoms with van der Waals surface area (Å²) in [6.45, 7) is 4.97. The number of carbonyl (C=O) groups excluding carboxylic acids is 1. The molecule has 1 saturated carbocycles. The largest absolute Gasteiger partial charge is 0.446 e. The predicted octanol–water partition coefficient (Wildman–Crippen LogP) is 3.09. The summed E-state index contributed by atoms with van der Waals surface area (Å²) in [5.41, 5.74) is 0. The molecular weight excluding hydrogens is 294 g/mol. The van der Waals surface area contributed by atoms with Gasteiger partial charge in [-0.3, -0.25) is 0 Å². The molecule has 5 nitrogen and oxygen atoms in total. The van der Waals surface area contributed by atoms with Crippen molar-refractivity contribution in [1.82, 2.24) is 5.32 Å². The zero-order chi connectivity index (χ0) is 17.1. The molecule has 23 heavy (non-hydrogen) atoms. The monoisotopic (exact) mass is 329 g/mol. The van der Waals surface area contributed by atoms with Crippen LogP contribution in [0.25, 0.3) is 0 Å². The van der Waals surface area contributed by atoms with Crippen LogP contribution in [0.5, 0.6) is 0 Å². The predicted molar refractivity (Wildman–Crippen MR) is 91.2 cm³/mol. The normalized spacial score (nSPS) is 21.3. The maximum atomic E-state index is 11.9. The lowest BCUT2D eigenvalue weighted by Gasteiger charge is -2.18. The smallest absolute Gasteiger partial charge is 0.407 e. The molecule has 0 radical (unpaired) electrons. The molecule has 0 saturated heterocycles. The fraction of sp³-hybridized carbons (Fsp3) is 0.944. The Kier molecular flexibility index (Phi) is 10.3. The van der Waals surface area contributed by atoms with Crippen molar-refractivity contribution in [2.24, 2.45) is 17.8 Å². The Morgan fingerprint density at radius 3 is 2.48 bits per heavy atom. The van der Waals surface area contributed by atoms with Crippen LogP contribution in [0, 0.1) is 17.8 Å². The summed E-state index contributed by atoms with van der Waals surface area (Å²) in [5.74, 6) is 1.55. The van der Waals surface area contributed by atoms with Crippen molar-refractivity contribution >= 4 is 6.09 Å². The number of hydrogen-bond acceptors (Lipinski definition) is 4. The molecule has 5 heteroatoms. The Morgan fingerprint density at radius 1 is 1.17 bits per heavy atom. The van der Waals surface area contributed by atoms with Gasteiger partial charge in [0.2, 0.25) is 0 Å². The van der Waals surface area contributed by atoms with Gasteiger partial charge in [0.1, 0.15) is 6.10 Å². The molecule has 3 N–H and O–H groups in total. The maximum absolute atomic E-state index is 11.9. The molecule has 3 unspecified atom stereocenters. The molecule has 136 valence electrons. The minimum atomic E-state index is -0.307. The number of alkyl carbamates (subject to hydrolysis) is 1. The van der Waals surface area contributed by atoms with Gasteiger partial charge in [-0.1, -0.05) is 33.1 Å². The van der Waals surface area contributed by atoms with Crippen LogP contribution in [0.15, 0.2) is 0 Å². The van der Waals surface area contributed by atoms with Gasteiger partial charge in [-0.05, 0) is 43.9 Å². The summed E-state index contributed by atoms with van der Waals surface area (Å²) in [4.78, 5) is 11.9. The molecule has 0 aromatic carbocycles. The first kappa shape index (κ1) is 20.2. The van der Waals surface area contributed by atoms with Gasteiger partial charge in [-0.15, -0.1) is 0 Å². The van der Waals surface area contributed by atoms with Gasteiger partial charge >= 0.3 is 6.09 Å². The van der Waals surface area contributed by atoms with E-state index in [0.717, 1.165) is 50.4 Å². The fourth-order valence-corrected chi connectivity index (χ4v) is 3.17. The van der Waals surface area contributed by atoms with Crippen molar-refractivity contribution in [3.8, 4) is 0 Å². The second kappa shape index (κ2) is 11.7. The highest BCUT2D eigenvalue weighted by Crippen LogP contribution is 2.45. The summed E-state index contributed by atoms with van der Waals surface area (Å²) in [6.07, 6.45) is 7.75. The number of hydrogen-bond donors (Lipinski definition) is 3. The van der Waals surface area contributed by atoms with E-state index in [1.807, 2.05) is 0 Å². The molecule has 1 aliphatic carbocycles. The second-order valence-electron chi connectivity index (χ2n) is 6.87. The molecule has 0 heterocycles. The van der Waals surface area contributed by atoms with E-state index >= 15 is 0 Å². The molecule has 3 atom stereocenters. The van der Waals surface area contributed by atoms with Crippen LogP contribution in [0.2, 0.25) is 0 Å². The summed E-state index contributed by atoms with van der Waals surface area (Å²) >= 11 is 0. The Hall–Kier alpha value is -0.810. The first-order chi connectivity index (χ1) is 11.1. The second-order valence-corrected chi connectivity index (χ2v) is 6.87. The van der Waals surface area contributed by atoms with E-state index < -0.39 is 0 Å². The third-order valence-electron chi connectivity index (χ3n) is 4.87. The molecule has 1 rings (SSSR count). The molecule has 0 aromatic heterocycles. The number of amides is 1. The van der Waals surface area contributed by atoms with Crippen molar-refractivity contribution in [3.05, 3.63) is 0 Å². The van der Waals surface area contributed by atoms with Crippen LogP contribution in [-0.2, 0) is 4.74 Å². The van der Waals surface area contributed by atoms with E-state index in [-0.39, 0.29) is 31.3 Å². The van der Waals surface area contributed by atoms with E-state index in [4.69, 9.17) is 14.9 Å². The fourth-order valence-electron chi connectivity index (χ4n) is 3.17. The molecule has 0 aromatic rings. The quantitative estimate of drug-likeness (QED) is 0.454. The Bertz CT molecular complexity index is 320. The summed E-state index contributed by atoms with van der Waals surface area (Å²) < 4.78 is 5.57. The standard InChI is InChI=1S/C18H35NO4/c1-3-7-17(11-16-10-15(16)4-2)23-18(22)19-9-6-5-8-14(12-20)13-21/h14-17,20-21H,3-13H2,1-2H3,(H,19,22). The molecule has 0 spiro atoms. The lowest BCUT2D eigenvalue weighted by molar-refractivity contribution is 0.0826. The lowest BCUT2D eigenvalue weighted by Crippen LogP contribution is -2.30. The van der Waals surface area contributed by atoms with Gasteiger partial charge in [0.15, 0.2) is 0 Å². The SMILES string of the molecule is CCCC(CC1CC1CC)OC(=O)NCCCCC(CO)CO. The zero-order valence-electron chi connectivity index (χ0n) is 14.8. The first-order valence-corrected chi connectivity index (χ1v) is 9.30. The van der Waals surface area contributed by atoms with Gasteiger partial charge in [-0.25, -0.2) is 4.79 Å². The van der Waals surface area contributed by atoms with E-state index in [2.05, 4.69) is 19.2 Å². The van der Waals surface area contributed by atoms with E-state index in [9.17, 15) is 4.79 Å². The highest BCUT2D eigenvalue weighted by molar-refractivity contribution is 5.67. The van der Waals surface area contributed by atoms with Crippen molar-refractivity contribution in [1.29, 1.82) is 0 Å². The number of ether oxygens (including phenoxy) is 1. The first-order valence-electron chi connectivity index (χ1n) is 9.30. The van der Waals surface area contributed by atoms with Gasteiger partial charge in [-0.2, -0.15) is 0 Å². The summed E-state index contributed by atoms with van der Waals surface area (Å²) in [7, 11) is 0. The Labute approximate surface area is 140 Å². The minimum absolute atomic E-state index is 0.0184. The topological polar surface area (TPSA) is 78.8 Å². The molecule has 0 bridgehead atoms. The Balaban J connectivity index is 2.12. The molecule has 1 aliphatic rings. The van der Waals surface area contributed by atoms with Crippen molar-refractivity contribution < 1.29 is 19.7 Å². The number of unbranched alkanes of at least 4 members (excludes halogenated alkanes) is 1. The van der Waals surface area contributed by atoms with Gasteiger partial charge in [0.25, 0.3) is 0 Å². The van der Waals surface area contributed by atoms with Crippen molar-refractivity contribution in [2.45, 2.75) is 71.3 Å². The van der Waals surface area contributed by atoms with E-state index in [0.29, 0.717) is 6.54 Å². The lowest BCUT2D eigenvalue weighted by atomic mass is 10.0. The van der Waals surface area contributed by atoms with Crippen LogP contribution in [0.4, 0.5) is 4.79 Å². The maximum Gasteiger partial charge on any atom is 0.407 e. The minimum Gasteiger partial charge on any atom is -0.446 e. The van der Waals surface area contributed by atoms with E-state index in [1.165, 1.54) is 12.8 Å². The highest BCUT2D eigenvalue weighted by atomic mass is 16.6. The van der Waals surface area contributed by atoms with Crippen molar-refractivity contribution in [3.63, 3.8) is 0 Å². The highest BCUT2D eigenvalue weighted by Gasteiger charge is 2.37. The summed E-state index contributed by atoms with van der Waals surface area (Å²) in [6, 6.07) is 0. The van der Waals surface area contributed by atoms with Crippen LogP contribution in [0.1, 0.15) is 65.2 Å². The molecule has 1 amide bonds. The van der Waals surface area contributed by atoms with Gasteiger partial charge in [0, 0.05) is 25.7 Å². The van der Waals surface area contributed by atoms with Crippen molar-refractivity contribution in [2.75, 3.05) is 19.8 Å².